The zero-order valence-electron chi connectivity index (χ0n) is 14.0. The SMILES string of the molecule is Cc1nnsc1C(=O)N/N=C\c1ccc(OC(=O)c2cccc(Br)c2)cc1. The third-order valence-corrected chi connectivity index (χ3v) is 4.71. The average molecular weight is 445 g/mol. The number of hydrogen-bond acceptors (Lipinski definition) is 7. The summed E-state index contributed by atoms with van der Waals surface area (Å²) in [5.74, 6) is -0.399. The molecule has 0 aliphatic heterocycles. The molecule has 27 heavy (non-hydrogen) atoms. The minimum atomic E-state index is -0.446. The highest BCUT2D eigenvalue weighted by Crippen LogP contribution is 2.16. The van der Waals surface area contributed by atoms with Crippen molar-refractivity contribution in [1.29, 1.82) is 0 Å². The molecular weight excluding hydrogens is 432 g/mol. The lowest BCUT2D eigenvalue weighted by molar-refractivity contribution is 0.0734. The summed E-state index contributed by atoms with van der Waals surface area (Å²) in [4.78, 5) is 24.4. The molecule has 1 N–H and O–H groups in total. The number of benzene rings is 2. The van der Waals surface area contributed by atoms with Gasteiger partial charge in [-0.1, -0.05) is 26.5 Å². The van der Waals surface area contributed by atoms with Crippen molar-refractivity contribution in [2.75, 3.05) is 0 Å². The molecule has 0 unspecified atom stereocenters. The van der Waals surface area contributed by atoms with Crippen LogP contribution in [-0.4, -0.2) is 27.7 Å². The largest absolute Gasteiger partial charge is 0.423 e. The van der Waals surface area contributed by atoms with E-state index in [1.807, 2.05) is 6.07 Å². The van der Waals surface area contributed by atoms with Gasteiger partial charge in [0, 0.05) is 4.47 Å². The molecule has 3 aromatic rings. The van der Waals surface area contributed by atoms with Crippen molar-refractivity contribution in [1.82, 2.24) is 15.0 Å². The van der Waals surface area contributed by atoms with Gasteiger partial charge in [-0.2, -0.15) is 5.10 Å². The number of amides is 1. The van der Waals surface area contributed by atoms with E-state index in [2.05, 4.69) is 36.0 Å². The molecule has 0 bridgehead atoms. The second-order valence-electron chi connectivity index (χ2n) is 5.36. The normalized spacial score (nSPS) is 10.7. The smallest absolute Gasteiger partial charge is 0.343 e. The fraction of sp³-hybridized carbons (Fsp3) is 0.0556. The zero-order valence-corrected chi connectivity index (χ0v) is 16.5. The standard InChI is InChI=1S/C18H13BrN4O3S/c1-11-16(27-23-21-11)17(24)22-20-10-12-5-7-15(8-6-12)26-18(25)13-3-2-4-14(19)9-13/h2-10H,1H3,(H,22,24)/b20-10-. The van der Waals surface area contributed by atoms with Gasteiger partial charge < -0.3 is 4.74 Å². The Morgan fingerprint density at radius 2 is 2.00 bits per heavy atom. The summed E-state index contributed by atoms with van der Waals surface area (Å²) in [6.45, 7) is 1.70. The van der Waals surface area contributed by atoms with E-state index in [1.54, 1.807) is 49.4 Å². The number of nitrogens with zero attached hydrogens (tertiary/aromatic N) is 3. The van der Waals surface area contributed by atoms with Gasteiger partial charge in [-0.15, -0.1) is 5.10 Å². The average Bonchev–Trinajstić information content (AvgIpc) is 3.09. The molecule has 0 spiro atoms. The van der Waals surface area contributed by atoms with Gasteiger partial charge in [0.25, 0.3) is 5.91 Å². The summed E-state index contributed by atoms with van der Waals surface area (Å²) in [6.07, 6.45) is 1.49. The lowest BCUT2D eigenvalue weighted by atomic mass is 10.2. The van der Waals surface area contributed by atoms with Crippen LogP contribution >= 0.6 is 27.5 Å². The van der Waals surface area contributed by atoms with E-state index in [0.29, 0.717) is 21.9 Å². The van der Waals surface area contributed by atoms with Crippen LogP contribution < -0.4 is 10.2 Å². The number of hydrogen-bond donors (Lipinski definition) is 1. The Balaban J connectivity index is 1.58. The van der Waals surface area contributed by atoms with E-state index in [9.17, 15) is 9.59 Å². The van der Waals surface area contributed by atoms with Crippen LogP contribution in [0.1, 0.15) is 31.3 Å². The first-order valence-electron chi connectivity index (χ1n) is 7.73. The summed E-state index contributed by atoms with van der Waals surface area (Å²) in [6, 6.07) is 13.7. The topological polar surface area (TPSA) is 93.5 Å². The van der Waals surface area contributed by atoms with Gasteiger partial charge in [-0.3, -0.25) is 4.79 Å². The van der Waals surface area contributed by atoms with Crippen LogP contribution in [0, 0.1) is 6.92 Å². The first-order chi connectivity index (χ1) is 13.0. The van der Waals surface area contributed by atoms with Crippen LogP contribution in [0.2, 0.25) is 0 Å². The quantitative estimate of drug-likeness (QED) is 0.280. The summed E-state index contributed by atoms with van der Waals surface area (Å²) < 4.78 is 9.83. The highest BCUT2D eigenvalue weighted by atomic mass is 79.9. The van der Waals surface area contributed by atoms with Crippen LogP contribution in [-0.2, 0) is 0 Å². The molecule has 1 aromatic heterocycles. The monoisotopic (exact) mass is 444 g/mol. The van der Waals surface area contributed by atoms with E-state index in [1.165, 1.54) is 6.21 Å². The summed E-state index contributed by atoms with van der Waals surface area (Å²) in [7, 11) is 0. The van der Waals surface area contributed by atoms with E-state index >= 15 is 0 Å². The fourth-order valence-corrected chi connectivity index (χ4v) is 3.00. The van der Waals surface area contributed by atoms with Gasteiger partial charge in [0.1, 0.15) is 10.6 Å². The Bertz CT molecular complexity index is 1000. The third-order valence-electron chi connectivity index (χ3n) is 3.39. The minimum Gasteiger partial charge on any atom is -0.423 e. The van der Waals surface area contributed by atoms with Gasteiger partial charge in [0.2, 0.25) is 0 Å². The molecule has 7 nitrogen and oxygen atoms in total. The second-order valence-corrected chi connectivity index (χ2v) is 7.03. The number of carbonyl (C=O) groups is 2. The first-order valence-corrected chi connectivity index (χ1v) is 9.30. The Kier molecular flexibility index (Phi) is 6.05. The summed E-state index contributed by atoms with van der Waals surface area (Å²) >= 11 is 4.33. The van der Waals surface area contributed by atoms with Crippen LogP contribution in [0.25, 0.3) is 0 Å². The molecule has 1 heterocycles. The Hall–Kier alpha value is -2.91. The number of aromatic nitrogens is 2. The number of esters is 1. The molecule has 9 heteroatoms. The number of aryl methyl sites for hydroxylation is 1. The van der Waals surface area contributed by atoms with Crippen molar-refractivity contribution < 1.29 is 14.3 Å². The van der Waals surface area contributed by atoms with Gasteiger partial charge in [-0.25, -0.2) is 10.2 Å². The highest BCUT2D eigenvalue weighted by molar-refractivity contribution is 9.10. The number of hydrazone groups is 1. The van der Waals surface area contributed by atoms with Crippen molar-refractivity contribution in [3.8, 4) is 5.75 Å². The molecule has 0 radical (unpaired) electrons. The van der Waals surface area contributed by atoms with Crippen molar-refractivity contribution in [3.63, 3.8) is 0 Å². The van der Waals surface area contributed by atoms with Gasteiger partial charge >= 0.3 is 5.97 Å². The van der Waals surface area contributed by atoms with E-state index in [4.69, 9.17) is 4.74 Å². The Morgan fingerprint density at radius 1 is 1.22 bits per heavy atom. The second kappa shape index (κ2) is 8.65. The molecule has 0 aliphatic carbocycles. The van der Waals surface area contributed by atoms with Gasteiger partial charge in [0.05, 0.1) is 17.5 Å². The van der Waals surface area contributed by atoms with Crippen LogP contribution in [0.3, 0.4) is 0 Å². The van der Waals surface area contributed by atoms with Crippen LogP contribution in [0.15, 0.2) is 58.1 Å². The maximum Gasteiger partial charge on any atom is 0.343 e. The highest BCUT2D eigenvalue weighted by Gasteiger charge is 2.12. The number of halogens is 1. The van der Waals surface area contributed by atoms with Crippen molar-refractivity contribution in [2.45, 2.75) is 6.92 Å². The first kappa shape index (κ1) is 18.9. The lowest BCUT2D eigenvalue weighted by Gasteiger charge is -2.05. The molecule has 0 fully saturated rings. The number of nitrogens with one attached hydrogen (secondary N) is 1. The zero-order chi connectivity index (χ0) is 19.2. The van der Waals surface area contributed by atoms with Crippen molar-refractivity contribution >= 4 is 45.6 Å². The predicted molar refractivity (Wildman–Crippen MR) is 105 cm³/mol. The molecule has 3 rings (SSSR count). The van der Waals surface area contributed by atoms with Crippen LogP contribution in [0.4, 0.5) is 0 Å². The molecule has 2 aromatic carbocycles. The molecule has 0 saturated carbocycles. The molecule has 0 saturated heterocycles. The van der Waals surface area contributed by atoms with Crippen LogP contribution in [0.5, 0.6) is 5.75 Å². The van der Waals surface area contributed by atoms with E-state index < -0.39 is 5.97 Å². The summed E-state index contributed by atoms with van der Waals surface area (Å²) in [5, 5.41) is 7.68. The molecule has 0 aliphatic rings. The third kappa shape index (κ3) is 5.05. The predicted octanol–water partition coefficient (Wildman–Crippen LogP) is 3.59. The summed E-state index contributed by atoms with van der Waals surface area (Å²) in [5.41, 5.74) is 4.16. The maximum absolute atomic E-state index is 12.1. The fourth-order valence-electron chi connectivity index (χ4n) is 2.06. The van der Waals surface area contributed by atoms with E-state index in [0.717, 1.165) is 21.6 Å². The maximum atomic E-state index is 12.1. The molecule has 0 atom stereocenters. The number of rotatable bonds is 5. The Morgan fingerprint density at radius 3 is 2.67 bits per heavy atom. The lowest BCUT2D eigenvalue weighted by Crippen LogP contribution is -2.17. The molecule has 1 amide bonds. The van der Waals surface area contributed by atoms with Gasteiger partial charge in [-0.05, 0) is 66.5 Å². The van der Waals surface area contributed by atoms with Gasteiger partial charge in [0.15, 0.2) is 0 Å². The Labute approximate surface area is 167 Å². The molecule has 136 valence electrons. The number of ether oxygens (including phenoxy) is 1. The van der Waals surface area contributed by atoms with E-state index in [-0.39, 0.29) is 5.91 Å². The molecular formula is C18H13BrN4O3S. The minimum absolute atomic E-state index is 0.363. The van der Waals surface area contributed by atoms with Crippen molar-refractivity contribution in [2.24, 2.45) is 5.10 Å². The van der Waals surface area contributed by atoms with Crippen molar-refractivity contribution in [3.05, 3.63) is 74.7 Å². The number of carbonyl (C=O) groups excluding carboxylic acids is 2.